The Morgan fingerprint density at radius 2 is 2.08 bits per heavy atom. The zero-order valence-electron chi connectivity index (χ0n) is 13.6. The van der Waals surface area contributed by atoms with Crippen molar-refractivity contribution in [1.82, 2.24) is 0 Å². The van der Waals surface area contributed by atoms with Gasteiger partial charge in [-0.15, -0.1) is 0 Å². The highest BCUT2D eigenvalue weighted by molar-refractivity contribution is 7.90. The minimum atomic E-state index is -3.46. The third-order valence-corrected chi connectivity index (χ3v) is 7.03. The second kappa shape index (κ2) is 8.16. The molecule has 3 unspecified atom stereocenters. The van der Waals surface area contributed by atoms with Crippen LogP contribution in [0.15, 0.2) is 23.1 Å². The van der Waals surface area contributed by atoms with Crippen LogP contribution < -0.4 is 0 Å². The van der Waals surface area contributed by atoms with E-state index >= 15 is 0 Å². The van der Waals surface area contributed by atoms with Crippen molar-refractivity contribution in [3.8, 4) is 0 Å². The molecule has 0 radical (unpaired) electrons. The van der Waals surface area contributed by atoms with E-state index in [0.29, 0.717) is 24.8 Å². The van der Waals surface area contributed by atoms with E-state index in [-0.39, 0.29) is 15.8 Å². The second-order valence-corrected chi connectivity index (χ2v) is 9.21. The zero-order valence-corrected chi connectivity index (χ0v) is 17.5. The summed E-state index contributed by atoms with van der Waals surface area (Å²) in [4.78, 5) is 11.7. The van der Waals surface area contributed by atoms with Gasteiger partial charge in [-0.1, -0.05) is 17.7 Å². The third-order valence-electron chi connectivity index (χ3n) is 4.59. The first-order chi connectivity index (χ1) is 11.6. The van der Waals surface area contributed by atoms with Gasteiger partial charge in [0.1, 0.15) is 0 Å². The Morgan fingerprint density at radius 3 is 2.52 bits per heavy atom. The van der Waals surface area contributed by atoms with Crippen molar-refractivity contribution in [1.29, 1.82) is 0 Å². The van der Waals surface area contributed by atoms with Crippen LogP contribution in [0.25, 0.3) is 0 Å². The molecule has 1 saturated carbocycles. The fourth-order valence-corrected chi connectivity index (χ4v) is 5.25. The number of carbonyl (C=O) groups is 1. The van der Waals surface area contributed by atoms with E-state index in [9.17, 15) is 18.3 Å². The number of sulfone groups is 1. The van der Waals surface area contributed by atoms with Gasteiger partial charge >= 0.3 is 5.97 Å². The van der Waals surface area contributed by atoms with Crippen molar-refractivity contribution < 1.29 is 27.4 Å². The third kappa shape index (κ3) is 4.91. The van der Waals surface area contributed by atoms with E-state index in [2.05, 4.69) is 18.9 Å². The molecule has 25 heavy (non-hydrogen) atoms. The molecule has 0 saturated heterocycles. The summed E-state index contributed by atoms with van der Waals surface area (Å²) in [5.41, 5.74) is 0.487. The predicted octanol–water partition coefficient (Wildman–Crippen LogP) is 3.41. The minimum Gasteiger partial charge on any atom is -0.481 e. The topological polar surface area (TPSA) is 89.9 Å². The maximum atomic E-state index is 11.7. The number of halogens is 1. The number of carboxylic acid groups (broad SMARTS) is 1. The SMILES string of the molecule is CS(=O)(=O)c1ccc(C(C[C@H]2CCC(OP)(OP)C2)C(=O)O)cc1Cl. The van der Waals surface area contributed by atoms with E-state index in [0.717, 1.165) is 12.7 Å². The van der Waals surface area contributed by atoms with E-state index in [1.54, 1.807) is 0 Å². The molecule has 1 fully saturated rings. The van der Waals surface area contributed by atoms with E-state index < -0.39 is 27.5 Å². The van der Waals surface area contributed by atoms with Crippen molar-refractivity contribution >= 4 is 46.3 Å². The Bertz CT molecular complexity index is 750. The molecular formula is C15H21ClO6P2S. The first-order valence-electron chi connectivity index (χ1n) is 7.60. The van der Waals surface area contributed by atoms with Gasteiger partial charge in [-0.3, -0.25) is 4.79 Å². The summed E-state index contributed by atoms with van der Waals surface area (Å²) >= 11 is 6.05. The quantitative estimate of drug-likeness (QED) is 0.531. The lowest BCUT2D eigenvalue weighted by Gasteiger charge is -2.26. The summed E-state index contributed by atoms with van der Waals surface area (Å²) in [5.74, 6) is -2.36. The number of benzene rings is 1. The molecule has 0 spiro atoms. The van der Waals surface area contributed by atoms with Crippen LogP contribution in [0, 0.1) is 5.92 Å². The average molecular weight is 427 g/mol. The molecule has 10 heteroatoms. The Morgan fingerprint density at radius 1 is 1.44 bits per heavy atom. The highest BCUT2D eigenvalue weighted by atomic mass is 35.5. The van der Waals surface area contributed by atoms with Crippen LogP contribution in [-0.4, -0.2) is 31.5 Å². The van der Waals surface area contributed by atoms with Gasteiger partial charge in [0.25, 0.3) is 0 Å². The van der Waals surface area contributed by atoms with Gasteiger partial charge in [0.2, 0.25) is 0 Å². The Kier molecular flexibility index (Phi) is 6.86. The zero-order chi connectivity index (χ0) is 18.8. The summed E-state index contributed by atoms with van der Waals surface area (Å²) in [6, 6.07) is 4.30. The summed E-state index contributed by atoms with van der Waals surface area (Å²) in [6.07, 6.45) is 3.49. The number of carboxylic acids is 1. The molecule has 140 valence electrons. The highest BCUT2D eigenvalue weighted by Gasteiger charge is 2.41. The average Bonchev–Trinajstić information content (AvgIpc) is 2.95. The number of hydrogen-bond acceptors (Lipinski definition) is 5. The smallest absolute Gasteiger partial charge is 0.310 e. The Hall–Kier alpha value is -0.290. The summed E-state index contributed by atoms with van der Waals surface area (Å²) in [7, 11) is 0.930. The van der Waals surface area contributed by atoms with Gasteiger partial charge in [-0.2, -0.15) is 0 Å². The highest BCUT2D eigenvalue weighted by Crippen LogP contribution is 2.45. The monoisotopic (exact) mass is 426 g/mol. The minimum absolute atomic E-state index is 0.00486. The molecule has 1 aromatic rings. The molecule has 0 heterocycles. The van der Waals surface area contributed by atoms with Crippen LogP contribution in [0.5, 0.6) is 0 Å². The van der Waals surface area contributed by atoms with Crippen molar-refractivity contribution in [2.24, 2.45) is 5.92 Å². The van der Waals surface area contributed by atoms with Gasteiger partial charge in [-0.05, 0) is 36.5 Å². The van der Waals surface area contributed by atoms with E-state index in [1.165, 1.54) is 18.2 Å². The van der Waals surface area contributed by atoms with Gasteiger partial charge in [-0.25, -0.2) is 8.42 Å². The standard InChI is InChI=1S/C15H21ClO6P2S/c1-25(19,20)13-3-2-10(7-12(13)16)11(14(17)18)6-9-4-5-15(8-9,21-23)22-24/h2-3,7,9,11H,4-6,8,23-24H2,1H3,(H,17,18)/t9-,11?/m1/s1. The normalized spacial score (nSPS) is 21.2. The lowest BCUT2D eigenvalue weighted by Crippen LogP contribution is -2.26. The summed E-state index contributed by atoms with van der Waals surface area (Å²) in [6.45, 7) is 0. The lowest BCUT2D eigenvalue weighted by molar-refractivity contribution is -0.139. The molecule has 4 atom stereocenters. The first kappa shape index (κ1) is 21.0. The fraction of sp³-hybridized carbons (Fsp3) is 0.533. The molecular weight excluding hydrogens is 406 g/mol. The first-order valence-corrected chi connectivity index (χ1v) is 10.8. The van der Waals surface area contributed by atoms with Crippen molar-refractivity contribution in [3.05, 3.63) is 28.8 Å². The molecule has 1 N–H and O–H groups in total. The van der Waals surface area contributed by atoms with Crippen molar-refractivity contribution in [2.75, 3.05) is 6.26 Å². The molecule has 0 amide bonds. The van der Waals surface area contributed by atoms with Gasteiger partial charge in [0, 0.05) is 38.0 Å². The molecule has 1 aliphatic rings. The molecule has 1 aliphatic carbocycles. The fourth-order valence-electron chi connectivity index (χ4n) is 3.26. The van der Waals surface area contributed by atoms with Gasteiger partial charge in [0.15, 0.2) is 15.6 Å². The number of aliphatic carboxylic acids is 1. The van der Waals surface area contributed by atoms with Crippen LogP contribution in [-0.2, 0) is 23.7 Å². The van der Waals surface area contributed by atoms with Gasteiger partial charge < -0.3 is 14.2 Å². The molecule has 1 aromatic carbocycles. The van der Waals surface area contributed by atoms with Crippen LogP contribution in [0.3, 0.4) is 0 Å². The maximum absolute atomic E-state index is 11.7. The van der Waals surface area contributed by atoms with Gasteiger partial charge in [0.05, 0.1) is 15.8 Å². The second-order valence-electron chi connectivity index (χ2n) is 6.34. The number of rotatable bonds is 7. The predicted molar refractivity (Wildman–Crippen MR) is 101 cm³/mol. The summed E-state index contributed by atoms with van der Waals surface area (Å²) < 4.78 is 34.0. The lowest BCUT2D eigenvalue weighted by atomic mass is 9.88. The molecule has 2 rings (SSSR count). The van der Waals surface area contributed by atoms with Crippen molar-refractivity contribution in [2.45, 2.75) is 42.3 Å². The maximum Gasteiger partial charge on any atom is 0.310 e. The summed E-state index contributed by atoms with van der Waals surface area (Å²) in [5, 5.41) is 9.66. The largest absolute Gasteiger partial charge is 0.481 e. The van der Waals surface area contributed by atoms with E-state index in [4.69, 9.17) is 20.6 Å². The van der Waals surface area contributed by atoms with E-state index in [1.807, 2.05) is 0 Å². The Labute approximate surface area is 157 Å². The van der Waals surface area contributed by atoms with Crippen LogP contribution in [0.1, 0.15) is 37.2 Å². The molecule has 0 bridgehead atoms. The van der Waals surface area contributed by atoms with Crippen LogP contribution in [0.2, 0.25) is 5.02 Å². The van der Waals surface area contributed by atoms with Crippen LogP contribution in [0.4, 0.5) is 0 Å². The number of hydrogen-bond donors (Lipinski definition) is 1. The molecule has 0 aliphatic heterocycles. The molecule has 0 aromatic heterocycles. The van der Waals surface area contributed by atoms with Crippen molar-refractivity contribution in [3.63, 3.8) is 0 Å². The molecule has 6 nitrogen and oxygen atoms in total. The Balaban J connectivity index is 2.23. The van der Waals surface area contributed by atoms with Crippen LogP contribution >= 0.6 is 30.5 Å².